The minimum Gasteiger partial charge on any atom is -0.507 e. The van der Waals surface area contributed by atoms with Crippen LogP contribution in [0, 0.1) is 0 Å². The lowest BCUT2D eigenvalue weighted by molar-refractivity contribution is 0.515. The topological polar surface area (TPSA) is 55.1 Å². The van der Waals surface area contributed by atoms with E-state index in [0.29, 0.717) is 11.4 Å². The van der Waals surface area contributed by atoms with Crippen molar-refractivity contribution >= 4 is 11.8 Å². The molecule has 4 nitrogen and oxygen atoms in total. The molecule has 0 aliphatic heterocycles. The van der Waals surface area contributed by atoms with Crippen LogP contribution >= 0.6 is 0 Å². The number of aliphatic hydroxyl groups is 1. The summed E-state index contributed by atoms with van der Waals surface area (Å²) in [6.45, 7) is 0. The van der Waals surface area contributed by atoms with Gasteiger partial charge in [0.15, 0.2) is 0 Å². The summed E-state index contributed by atoms with van der Waals surface area (Å²) in [5.41, 5.74) is 0.526. The molecule has 0 fully saturated rings. The van der Waals surface area contributed by atoms with Gasteiger partial charge in [-0.1, -0.05) is 30.3 Å². The molecule has 1 heterocycles. The fourth-order valence-corrected chi connectivity index (χ4v) is 1.44. The van der Waals surface area contributed by atoms with Gasteiger partial charge in [0.25, 0.3) is 5.56 Å². The summed E-state index contributed by atoms with van der Waals surface area (Å²) in [7, 11) is 1.61. The molecule has 0 radical (unpaired) electrons. The first-order valence-electron chi connectivity index (χ1n) is 5.16. The van der Waals surface area contributed by atoms with Crippen LogP contribution in [-0.4, -0.2) is 14.7 Å². The van der Waals surface area contributed by atoms with Gasteiger partial charge in [-0.05, 0) is 0 Å². The van der Waals surface area contributed by atoms with Crippen LogP contribution in [0.2, 0.25) is 0 Å². The van der Waals surface area contributed by atoms with E-state index in [-0.39, 0.29) is 11.3 Å². The third-order valence-electron chi connectivity index (χ3n) is 2.43. The highest BCUT2D eigenvalue weighted by atomic mass is 16.3. The van der Waals surface area contributed by atoms with E-state index in [1.54, 1.807) is 19.2 Å². The van der Waals surface area contributed by atoms with Crippen LogP contribution in [0.1, 0.15) is 11.4 Å². The van der Waals surface area contributed by atoms with Crippen LogP contribution in [0.3, 0.4) is 0 Å². The molecule has 0 saturated carbocycles. The lowest BCUT2D eigenvalue weighted by Crippen LogP contribution is -2.18. The zero-order valence-corrected chi connectivity index (χ0v) is 9.37. The summed E-state index contributed by atoms with van der Waals surface area (Å²) in [5, 5.41) is 9.90. The molecule has 86 valence electrons. The second-order valence-corrected chi connectivity index (χ2v) is 3.60. The molecule has 0 unspecified atom stereocenters. The Morgan fingerprint density at radius 1 is 1.29 bits per heavy atom. The smallest absolute Gasteiger partial charge is 0.253 e. The molecular weight excluding hydrogens is 216 g/mol. The zero-order chi connectivity index (χ0) is 12.3. The van der Waals surface area contributed by atoms with Crippen LogP contribution in [0.4, 0.5) is 0 Å². The Balaban J connectivity index is 2.44. The van der Waals surface area contributed by atoms with Crippen LogP contribution < -0.4 is 5.56 Å². The number of rotatable bonds is 2. The Labute approximate surface area is 98.5 Å². The molecule has 0 atom stereocenters. The Morgan fingerprint density at radius 3 is 2.71 bits per heavy atom. The van der Waals surface area contributed by atoms with E-state index in [2.05, 4.69) is 4.98 Å². The molecule has 4 heteroatoms. The van der Waals surface area contributed by atoms with Crippen molar-refractivity contribution in [3.63, 3.8) is 0 Å². The average molecular weight is 228 g/mol. The minimum absolute atomic E-state index is 0.0827. The summed E-state index contributed by atoms with van der Waals surface area (Å²) in [5.74, 6) is 0.498. The number of hydrogen-bond donors (Lipinski definition) is 1. The summed E-state index contributed by atoms with van der Waals surface area (Å²) < 4.78 is 1.37. The molecule has 1 aromatic carbocycles. The Hall–Kier alpha value is -2.36. The largest absolute Gasteiger partial charge is 0.507 e. The van der Waals surface area contributed by atoms with Gasteiger partial charge in [-0.2, -0.15) is 0 Å². The predicted molar refractivity (Wildman–Crippen MR) is 66.4 cm³/mol. The van der Waals surface area contributed by atoms with Crippen molar-refractivity contribution < 1.29 is 5.11 Å². The molecule has 17 heavy (non-hydrogen) atoms. The van der Waals surface area contributed by atoms with Gasteiger partial charge < -0.3 is 5.11 Å². The molecule has 1 aromatic heterocycles. The molecular formula is C13H12N2O2. The number of benzene rings is 1. The second-order valence-electron chi connectivity index (χ2n) is 3.60. The highest BCUT2D eigenvalue weighted by Gasteiger charge is 2.01. The van der Waals surface area contributed by atoms with Gasteiger partial charge in [0.2, 0.25) is 0 Å². The third-order valence-corrected chi connectivity index (χ3v) is 2.43. The maximum absolute atomic E-state index is 11.4. The van der Waals surface area contributed by atoms with Gasteiger partial charge in [-0.15, -0.1) is 0 Å². The van der Waals surface area contributed by atoms with Crippen molar-refractivity contribution in [2.45, 2.75) is 0 Å². The molecule has 2 rings (SSSR count). The van der Waals surface area contributed by atoms with Crippen molar-refractivity contribution in [2.75, 3.05) is 0 Å². The second kappa shape index (κ2) is 4.65. The van der Waals surface area contributed by atoms with E-state index in [9.17, 15) is 9.90 Å². The summed E-state index contributed by atoms with van der Waals surface area (Å²) in [6, 6.07) is 10.5. The van der Waals surface area contributed by atoms with E-state index in [1.165, 1.54) is 22.9 Å². The standard InChI is InChI=1S/C13H12N2O2/c1-15-12(14-8-7-13(15)17)9-11(16)10-5-3-2-4-6-10/h2-9,16H,1H3/b11-9-. The fourth-order valence-electron chi connectivity index (χ4n) is 1.44. The first kappa shape index (κ1) is 11.1. The number of aromatic nitrogens is 2. The van der Waals surface area contributed by atoms with Gasteiger partial charge in [0.05, 0.1) is 0 Å². The zero-order valence-electron chi connectivity index (χ0n) is 9.37. The fraction of sp³-hybridized carbons (Fsp3) is 0.0769. The van der Waals surface area contributed by atoms with Crippen LogP contribution in [0.5, 0.6) is 0 Å². The van der Waals surface area contributed by atoms with Crippen molar-refractivity contribution in [1.82, 2.24) is 9.55 Å². The molecule has 0 aliphatic carbocycles. The van der Waals surface area contributed by atoms with Crippen LogP contribution in [0.25, 0.3) is 11.8 Å². The van der Waals surface area contributed by atoms with Gasteiger partial charge in [-0.3, -0.25) is 9.36 Å². The lowest BCUT2D eigenvalue weighted by Gasteiger charge is -2.03. The molecule has 0 spiro atoms. The van der Waals surface area contributed by atoms with Crippen molar-refractivity contribution in [2.24, 2.45) is 7.05 Å². The molecule has 0 bridgehead atoms. The van der Waals surface area contributed by atoms with Crippen molar-refractivity contribution in [3.8, 4) is 0 Å². The number of aliphatic hydroxyl groups excluding tert-OH is 1. The predicted octanol–water partition coefficient (Wildman–Crippen LogP) is 1.84. The highest BCUT2D eigenvalue weighted by Crippen LogP contribution is 2.12. The normalized spacial score (nSPS) is 11.5. The first-order valence-corrected chi connectivity index (χ1v) is 5.16. The molecule has 0 amide bonds. The molecule has 0 saturated heterocycles. The monoisotopic (exact) mass is 228 g/mol. The van der Waals surface area contributed by atoms with E-state index in [0.717, 1.165) is 0 Å². The molecule has 0 aliphatic rings. The highest BCUT2D eigenvalue weighted by molar-refractivity contribution is 5.73. The maximum Gasteiger partial charge on any atom is 0.253 e. The van der Waals surface area contributed by atoms with Crippen molar-refractivity contribution in [1.29, 1.82) is 0 Å². The first-order chi connectivity index (χ1) is 8.18. The summed E-state index contributed by atoms with van der Waals surface area (Å²) >= 11 is 0. The molecule has 2 aromatic rings. The van der Waals surface area contributed by atoms with E-state index in [1.807, 2.05) is 18.2 Å². The van der Waals surface area contributed by atoms with Gasteiger partial charge >= 0.3 is 0 Å². The Bertz CT molecular complexity index is 600. The van der Waals surface area contributed by atoms with E-state index < -0.39 is 0 Å². The Morgan fingerprint density at radius 2 is 2.00 bits per heavy atom. The van der Waals surface area contributed by atoms with Crippen LogP contribution in [-0.2, 0) is 7.05 Å². The van der Waals surface area contributed by atoms with Gasteiger partial charge in [0.1, 0.15) is 11.6 Å². The lowest BCUT2D eigenvalue weighted by atomic mass is 10.2. The number of nitrogens with zero attached hydrogens (tertiary/aromatic N) is 2. The maximum atomic E-state index is 11.4. The average Bonchev–Trinajstić information content (AvgIpc) is 2.36. The van der Waals surface area contributed by atoms with Gasteiger partial charge in [0, 0.05) is 31.0 Å². The molecule has 1 N–H and O–H groups in total. The van der Waals surface area contributed by atoms with Gasteiger partial charge in [-0.25, -0.2) is 4.98 Å². The van der Waals surface area contributed by atoms with Crippen LogP contribution in [0.15, 0.2) is 47.4 Å². The van der Waals surface area contributed by atoms with E-state index >= 15 is 0 Å². The summed E-state index contributed by atoms with van der Waals surface area (Å²) in [6.07, 6.45) is 2.89. The SMILES string of the molecule is Cn1c(/C=C(\O)c2ccccc2)nccc1=O. The van der Waals surface area contributed by atoms with E-state index in [4.69, 9.17) is 0 Å². The quantitative estimate of drug-likeness (QED) is 0.798. The number of hydrogen-bond acceptors (Lipinski definition) is 3. The van der Waals surface area contributed by atoms with Crippen molar-refractivity contribution in [3.05, 3.63) is 64.3 Å². The minimum atomic E-state index is -0.160. The Kier molecular flexibility index (Phi) is 3.05. The summed E-state index contributed by atoms with van der Waals surface area (Å²) in [4.78, 5) is 15.4. The third kappa shape index (κ3) is 2.42.